The van der Waals surface area contributed by atoms with E-state index in [4.69, 9.17) is 5.11 Å². The Bertz CT molecular complexity index is 504. The van der Waals surface area contributed by atoms with Crippen molar-refractivity contribution in [1.29, 1.82) is 0 Å². The first-order valence-electron chi connectivity index (χ1n) is 7.80. The molecule has 1 saturated heterocycles. The quantitative estimate of drug-likeness (QED) is 0.794. The molecule has 2 amide bonds. The molecule has 2 rings (SSSR count). The lowest BCUT2D eigenvalue weighted by atomic mass is 10.1. The number of hydrogen-bond acceptors (Lipinski definition) is 3. The molecule has 120 valence electrons. The average molecular weight is 304 g/mol. The molecule has 2 atom stereocenters. The molecular formula is C17H24N2O3. The number of nitrogens with one attached hydrogen (secondary N) is 1. The predicted molar refractivity (Wildman–Crippen MR) is 83.8 cm³/mol. The molecule has 0 spiro atoms. The number of likely N-dealkylation sites (tertiary alicyclic amines) is 1. The fraction of sp³-hybridized carbons (Fsp3) is 0.529. The first-order valence-corrected chi connectivity index (χ1v) is 7.80. The average Bonchev–Trinajstić information content (AvgIpc) is 2.87. The number of benzene rings is 1. The molecule has 0 radical (unpaired) electrons. The Kier molecular flexibility index (Phi) is 5.95. The molecule has 5 nitrogen and oxygen atoms in total. The van der Waals surface area contributed by atoms with E-state index < -0.39 is 0 Å². The maximum atomic E-state index is 12.1. The SMILES string of the molecule is CC(CCO)CNC(=O)C1CC(=O)N(Cc2ccccc2)C1. The Labute approximate surface area is 131 Å². The molecule has 22 heavy (non-hydrogen) atoms. The van der Waals surface area contributed by atoms with E-state index in [-0.39, 0.29) is 36.7 Å². The van der Waals surface area contributed by atoms with E-state index >= 15 is 0 Å². The van der Waals surface area contributed by atoms with Gasteiger partial charge in [0.15, 0.2) is 0 Å². The van der Waals surface area contributed by atoms with Gasteiger partial charge in [-0.3, -0.25) is 9.59 Å². The van der Waals surface area contributed by atoms with Crippen molar-refractivity contribution >= 4 is 11.8 Å². The van der Waals surface area contributed by atoms with Gasteiger partial charge in [0.2, 0.25) is 11.8 Å². The van der Waals surface area contributed by atoms with Crippen LogP contribution in [0.2, 0.25) is 0 Å². The van der Waals surface area contributed by atoms with Gasteiger partial charge in [0.25, 0.3) is 0 Å². The second kappa shape index (κ2) is 7.94. The van der Waals surface area contributed by atoms with E-state index in [1.165, 1.54) is 0 Å². The van der Waals surface area contributed by atoms with Crippen LogP contribution >= 0.6 is 0 Å². The Balaban J connectivity index is 1.82. The summed E-state index contributed by atoms with van der Waals surface area (Å²) in [5.74, 6) is -0.0508. The van der Waals surface area contributed by atoms with Gasteiger partial charge in [0.1, 0.15) is 0 Å². The molecule has 1 aromatic carbocycles. The highest BCUT2D eigenvalue weighted by Gasteiger charge is 2.34. The lowest BCUT2D eigenvalue weighted by Gasteiger charge is -2.17. The fourth-order valence-corrected chi connectivity index (χ4v) is 2.65. The van der Waals surface area contributed by atoms with Crippen LogP contribution in [0.25, 0.3) is 0 Å². The van der Waals surface area contributed by atoms with Crippen molar-refractivity contribution in [3.8, 4) is 0 Å². The third-order valence-electron chi connectivity index (χ3n) is 4.05. The number of hydrogen-bond donors (Lipinski definition) is 2. The Morgan fingerprint density at radius 1 is 1.41 bits per heavy atom. The molecule has 0 aliphatic carbocycles. The zero-order valence-corrected chi connectivity index (χ0v) is 13.0. The van der Waals surface area contributed by atoms with E-state index in [1.807, 2.05) is 37.3 Å². The minimum atomic E-state index is -0.266. The van der Waals surface area contributed by atoms with Gasteiger partial charge in [-0.1, -0.05) is 37.3 Å². The molecule has 1 aromatic rings. The summed E-state index contributed by atoms with van der Waals surface area (Å²) in [6.07, 6.45) is 0.955. The van der Waals surface area contributed by atoms with E-state index in [9.17, 15) is 9.59 Å². The van der Waals surface area contributed by atoms with Crippen LogP contribution in [0.3, 0.4) is 0 Å². The lowest BCUT2D eigenvalue weighted by molar-refractivity contribution is -0.129. The minimum absolute atomic E-state index is 0.0346. The molecule has 1 aliphatic rings. The van der Waals surface area contributed by atoms with Gasteiger partial charge >= 0.3 is 0 Å². The molecule has 0 bridgehead atoms. The number of carbonyl (C=O) groups excluding carboxylic acids is 2. The zero-order valence-electron chi connectivity index (χ0n) is 13.0. The van der Waals surface area contributed by atoms with Crippen LogP contribution in [0.4, 0.5) is 0 Å². The molecule has 5 heteroatoms. The van der Waals surface area contributed by atoms with Crippen molar-refractivity contribution in [3.63, 3.8) is 0 Å². The van der Waals surface area contributed by atoms with Gasteiger partial charge in [0, 0.05) is 32.7 Å². The van der Waals surface area contributed by atoms with Crippen molar-refractivity contribution in [2.24, 2.45) is 11.8 Å². The maximum Gasteiger partial charge on any atom is 0.225 e. The summed E-state index contributed by atoms with van der Waals surface area (Å²) in [6, 6.07) is 9.80. The molecule has 0 saturated carbocycles. The van der Waals surface area contributed by atoms with Gasteiger partial charge in [0.05, 0.1) is 5.92 Å². The van der Waals surface area contributed by atoms with Crippen LogP contribution in [0.1, 0.15) is 25.3 Å². The summed E-state index contributed by atoms with van der Waals surface area (Å²) in [6.45, 7) is 3.70. The third kappa shape index (κ3) is 4.56. The number of aliphatic hydroxyl groups is 1. The lowest BCUT2D eigenvalue weighted by Crippen LogP contribution is -2.35. The number of aliphatic hydroxyl groups excluding tert-OH is 1. The van der Waals surface area contributed by atoms with Crippen LogP contribution in [0.15, 0.2) is 30.3 Å². The second-order valence-corrected chi connectivity index (χ2v) is 6.02. The van der Waals surface area contributed by atoms with Crippen LogP contribution in [-0.2, 0) is 16.1 Å². The van der Waals surface area contributed by atoms with Crippen LogP contribution in [0.5, 0.6) is 0 Å². The van der Waals surface area contributed by atoms with Crippen molar-refractivity contribution in [3.05, 3.63) is 35.9 Å². The van der Waals surface area contributed by atoms with Gasteiger partial charge in [-0.05, 0) is 17.9 Å². The number of nitrogens with zero attached hydrogens (tertiary/aromatic N) is 1. The first-order chi connectivity index (χ1) is 10.6. The molecule has 2 unspecified atom stereocenters. The monoisotopic (exact) mass is 304 g/mol. The third-order valence-corrected chi connectivity index (χ3v) is 4.05. The Morgan fingerprint density at radius 2 is 2.14 bits per heavy atom. The van der Waals surface area contributed by atoms with Gasteiger partial charge in [-0.25, -0.2) is 0 Å². The highest BCUT2D eigenvalue weighted by atomic mass is 16.3. The van der Waals surface area contributed by atoms with Gasteiger partial charge < -0.3 is 15.3 Å². The van der Waals surface area contributed by atoms with Crippen molar-refractivity contribution in [1.82, 2.24) is 10.2 Å². The largest absolute Gasteiger partial charge is 0.396 e. The molecule has 2 N–H and O–H groups in total. The van der Waals surface area contributed by atoms with Gasteiger partial charge in [-0.2, -0.15) is 0 Å². The maximum absolute atomic E-state index is 12.1. The molecule has 1 aliphatic heterocycles. The van der Waals surface area contributed by atoms with E-state index in [2.05, 4.69) is 5.32 Å². The molecule has 1 heterocycles. The standard InChI is InChI=1S/C17H24N2O3/c1-13(7-8-20)10-18-17(22)15-9-16(21)19(12-15)11-14-5-3-2-4-6-14/h2-6,13,15,20H,7-12H2,1H3,(H,18,22). The molecule has 1 fully saturated rings. The summed E-state index contributed by atoms with van der Waals surface area (Å²) < 4.78 is 0. The number of carbonyl (C=O) groups is 2. The van der Waals surface area contributed by atoms with Crippen molar-refractivity contribution in [2.45, 2.75) is 26.3 Å². The van der Waals surface area contributed by atoms with E-state index in [1.54, 1.807) is 4.90 Å². The summed E-state index contributed by atoms with van der Waals surface area (Å²) in [5.41, 5.74) is 1.08. The van der Waals surface area contributed by atoms with Crippen LogP contribution in [-0.4, -0.2) is 41.5 Å². The van der Waals surface area contributed by atoms with E-state index in [0.29, 0.717) is 26.1 Å². The normalized spacial score (nSPS) is 19.3. The van der Waals surface area contributed by atoms with Crippen molar-refractivity contribution < 1.29 is 14.7 Å². The summed E-state index contributed by atoms with van der Waals surface area (Å²) in [7, 11) is 0. The fourth-order valence-electron chi connectivity index (χ4n) is 2.65. The van der Waals surface area contributed by atoms with E-state index in [0.717, 1.165) is 5.56 Å². The molecular weight excluding hydrogens is 280 g/mol. The van der Waals surface area contributed by atoms with Crippen molar-refractivity contribution in [2.75, 3.05) is 19.7 Å². The number of rotatable bonds is 7. The van der Waals surface area contributed by atoms with Crippen LogP contribution in [0, 0.1) is 11.8 Å². The Morgan fingerprint density at radius 3 is 2.82 bits per heavy atom. The smallest absolute Gasteiger partial charge is 0.225 e. The molecule has 0 aromatic heterocycles. The summed E-state index contributed by atoms with van der Waals surface area (Å²) in [5, 5.41) is 11.7. The highest BCUT2D eigenvalue weighted by molar-refractivity contribution is 5.89. The zero-order chi connectivity index (χ0) is 15.9. The first kappa shape index (κ1) is 16.5. The van der Waals surface area contributed by atoms with Crippen LogP contribution < -0.4 is 5.32 Å². The minimum Gasteiger partial charge on any atom is -0.396 e. The van der Waals surface area contributed by atoms with Gasteiger partial charge in [-0.15, -0.1) is 0 Å². The second-order valence-electron chi connectivity index (χ2n) is 6.02. The summed E-state index contributed by atoms with van der Waals surface area (Å²) >= 11 is 0. The Hall–Kier alpha value is -1.88. The predicted octanol–water partition coefficient (Wildman–Crippen LogP) is 1.17. The number of amides is 2. The highest BCUT2D eigenvalue weighted by Crippen LogP contribution is 2.20. The summed E-state index contributed by atoms with van der Waals surface area (Å²) in [4.78, 5) is 25.9. The topological polar surface area (TPSA) is 69.6 Å².